The van der Waals surface area contributed by atoms with Crippen LogP contribution in [0.5, 0.6) is 0 Å². The Labute approximate surface area is 358 Å². The molecule has 320 valence electrons. The largest absolute Gasteiger partial charge is 0.386 e. The molecular formula is C45H50Cl2F3N5O5. The number of carbonyl (C=O) groups is 2. The standard InChI is InChI=1S/C45H50Cl2F3N5O5/c1-54(2)43(58)34-17-15-30(21-60-34)53-42(57)39-35(32-18-19-51-41(47)37(32)50)36(31-16-14-29(46)20-33(31)52-26-59-3)45(22-44(23-45,24-48)25-49)55(39)38(27-10-6-4-7-11-27)40(56)28-12-8-5-9-13-28/h4-14,16,18-20,30,34-36,38-40,52,56H,15,17,21-26H2,1-3H3,(H,53,57)/t30-,34+,35-,36?,38-,39-,40+/m1/s1. The summed E-state index contributed by atoms with van der Waals surface area (Å²) in [7, 11) is 4.81. The van der Waals surface area contributed by atoms with Gasteiger partial charge in [0.2, 0.25) is 5.91 Å². The maximum atomic E-state index is 16.9. The van der Waals surface area contributed by atoms with E-state index in [2.05, 4.69) is 15.6 Å². The third-order valence-corrected chi connectivity index (χ3v) is 13.0. The third kappa shape index (κ3) is 8.24. The number of nitrogens with one attached hydrogen (secondary N) is 2. The summed E-state index contributed by atoms with van der Waals surface area (Å²) < 4.78 is 58.9. The average molecular weight is 869 g/mol. The first kappa shape index (κ1) is 43.8. The van der Waals surface area contributed by atoms with Crippen molar-refractivity contribution in [3.8, 4) is 0 Å². The zero-order valence-corrected chi connectivity index (χ0v) is 35.2. The Balaban J connectivity index is 1.49. The molecule has 15 heteroatoms. The number of anilines is 1. The highest BCUT2D eigenvalue weighted by molar-refractivity contribution is 6.31. The molecule has 7 rings (SSSR count). The molecule has 3 N–H and O–H groups in total. The van der Waals surface area contributed by atoms with E-state index in [1.807, 2.05) is 41.3 Å². The summed E-state index contributed by atoms with van der Waals surface area (Å²) >= 11 is 13.1. The highest BCUT2D eigenvalue weighted by Gasteiger charge is 2.72. The fourth-order valence-corrected chi connectivity index (χ4v) is 10.3. The minimum absolute atomic E-state index is 0.0290. The van der Waals surface area contributed by atoms with Crippen molar-refractivity contribution in [2.45, 2.75) is 73.4 Å². The molecule has 1 saturated carbocycles. The average Bonchev–Trinajstić information content (AvgIpc) is 3.54. The number of nitrogens with zero attached hydrogens (tertiary/aromatic N) is 3. The summed E-state index contributed by atoms with van der Waals surface area (Å²) in [6.07, 6.45) is -0.0278. The fourth-order valence-electron chi connectivity index (χ4n) is 9.98. The Morgan fingerprint density at radius 1 is 0.983 bits per heavy atom. The molecule has 1 unspecified atom stereocenters. The van der Waals surface area contributed by atoms with Gasteiger partial charge >= 0.3 is 0 Å². The molecule has 0 bridgehead atoms. The van der Waals surface area contributed by atoms with E-state index in [1.165, 1.54) is 24.3 Å². The minimum Gasteiger partial charge on any atom is -0.386 e. The van der Waals surface area contributed by atoms with Crippen LogP contribution in [0.2, 0.25) is 10.2 Å². The Bertz CT molecular complexity index is 2120. The molecule has 3 heterocycles. The Hall–Kier alpha value is -4.24. The van der Waals surface area contributed by atoms with Crippen LogP contribution in [0.1, 0.15) is 71.9 Å². The molecule has 1 aromatic heterocycles. The molecule has 60 heavy (non-hydrogen) atoms. The molecule has 3 fully saturated rings. The Kier molecular flexibility index (Phi) is 13.4. The summed E-state index contributed by atoms with van der Waals surface area (Å²) in [6.45, 7) is -1.89. The number of aliphatic hydroxyl groups excluding tert-OH is 1. The molecule has 0 radical (unpaired) electrons. The first-order chi connectivity index (χ1) is 28.9. The van der Waals surface area contributed by atoms with E-state index in [1.54, 1.807) is 56.6 Å². The lowest BCUT2D eigenvalue weighted by molar-refractivity contribution is -0.152. The molecule has 2 aliphatic heterocycles. The number of methoxy groups -OCH3 is 1. The van der Waals surface area contributed by atoms with Crippen LogP contribution in [-0.2, 0) is 19.1 Å². The number of aliphatic hydroxyl groups is 1. The second-order valence-electron chi connectivity index (χ2n) is 16.5. The molecule has 1 aliphatic carbocycles. The van der Waals surface area contributed by atoms with E-state index >= 15 is 18.0 Å². The van der Waals surface area contributed by atoms with Crippen molar-refractivity contribution in [1.82, 2.24) is 20.1 Å². The Morgan fingerprint density at radius 2 is 1.65 bits per heavy atom. The molecule has 4 aromatic rings. The molecule has 2 amide bonds. The fraction of sp³-hybridized carbons (Fsp3) is 0.444. The number of hydrogen-bond donors (Lipinski definition) is 3. The maximum Gasteiger partial charge on any atom is 0.251 e. The van der Waals surface area contributed by atoms with Gasteiger partial charge in [-0.1, -0.05) is 89.9 Å². The van der Waals surface area contributed by atoms with Gasteiger partial charge in [0.25, 0.3) is 5.91 Å². The normalized spacial score (nSPS) is 24.3. The van der Waals surface area contributed by atoms with Gasteiger partial charge in [0, 0.05) is 60.9 Å². The van der Waals surface area contributed by atoms with Gasteiger partial charge in [-0.2, -0.15) is 0 Å². The van der Waals surface area contributed by atoms with E-state index in [-0.39, 0.29) is 37.6 Å². The number of halogens is 5. The predicted molar refractivity (Wildman–Crippen MR) is 224 cm³/mol. The smallest absolute Gasteiger partial charge is 0.251 e. The van der Waals surface area contributed by atoms with Gasteiger partial charge in [0.1, 0.15) is 12.8 Å². The van der Waals surface area contributed by atoms with E-state index in [0.717, 1.165) is 0 Å². The van der Waals surface area contributed by atoms with E-state index in [0.29, 0.717) is 40.2 Å². The third-order valence-electron chi connectivity index (χ3n) is 12.5. The first-order valence-electron chi connectivity index (χ1n) is 20.0. The van der Waals surface area contributed by atoms with Crippen molar-refractivity contribution in [2.75, 3.05) is 53.2 Å². The van der Waals surface area contributed by atoms with Crippen LogP contribution in [0.15, 0.2) is 91.1 Å². The van der Waals surface area contributed by atoms with E-state index < -0.39 is 83.3 Å². The number of likely N-dealkylation sites (tertiary alicyclic amines) is 1. The molecule has 7 atom stereocenters. The Morgan fingerprint density at radius 3 is 2.25 bits per heavy atom. The van der Waals surface area contributed by atoms with Crippen LogP contribution in [0.4, 0.5) is 18.9 Å². The van der Waals surface area contributed by atoms with Crippen molar-refractivity contribution in [2.24, 2.45) is 5.41 Å². The number of hydrogen-bond acceptors (Lipinski definition) is 8. The lowest BCUT2D eigenvalue weighted by Gasteiger charge is -2.61. The highest BCUT2D eigenvalue weighted by atomic mass is 35.5. The number of likely N-dealkylation sites (N-methyl/N-ethyl adjacent to an activating group) is 1. The van der Waals surface area contributed by atoms with Crippen molar-refractivity contribution in [3.63, 3.8) is 0 Å². The van der Waals surface area contributed by atoms with Crippen LogP contribution in [0.3, 0.4) is 0 Å². The van der Waals surface area contributed by atoms with Gasteiger partial charge in [0.05, 0.1) is 44.2 Å². The van der Waals surface area contributed by atoms with Crippen molar-refractivity contribution in [3.05, 3.63) is 129 Å². The van der Waals surface area contributed by atoms with Crippen LogP contribution in [0.25, 0.3) is 0 Å². The topological polar surface area (TPSA) is 116 Å². The van der Waals surface area contributed by atoms with Crippen molar-refractivity contribution in [1.29, 1.82) is 0 Å². The van der Waals surface area contributed by atoms with E-state index in [4.69, 9.17) is 32.7 Å². The van der Waals surface area contributed by atoms with Gasteiger partial charge in [0.15, 0.2) is 11.0 Å². The van der Waals surface area contributed by atoms with E-state index in [9.17, 15) is 9.90 Å². The first-order valence-corrected chi connectivity index (χ1v) is 20.8. The van der Waals surface area contributed by atoms with Gasteiger partial charge < -0.3 is 30.1 Å². The van der Waals surface area contributed by atoms with Crippen LogP contribution < -0.4 is 10.6 Å². The van der Waals surface area contributed by atoms with Gasteiger partial charge in [-0.25, -0.2) is 9.37 Å². The number of ether oxygens (including phenoxy) is 2. The maximum absolute atomic E-state index is 16.9. The second kappa shape index (κ2) is 18.4. The molecule has 1 spiro atoms. The van der Waals surface area contributed by atoms with Crippen LogP contribution in [-0.4, -0.2) is 103 Å². The number of pyridine rings is 1. The summed E-state index contributed by atoms with van der Waals surface area (Å²) in [5.74, 6) is -3.53. The molecule has 2 saturated heterocycles. The summed E-state index contributed by atoms with van der Waals surface area (Å²) in [4.78, 5) is 35.8. The molecule has 10 nitrogen and oxygen atoms in total. The van der Waals surface area contributed by atoms with Crippen LogP contribution >= 0.6 is 23.2 Å². The van der Waals surface area contributed by atoms with Gasteiger partial charge in [-0.3, -0.25) is 23.3 Å². The lowest BCUT2D eigenvalue weighted by atomic mass is 9.51. The summed E-state index contributed by atoms with van der Waals surface area (Å²) in [5, 5.41) is 19.1. The van der Waals surface area contributed by atoms with Crippen molar-refractivity contribution >= 4 is 40.7 Å². The number of benzene rings is 3. The molecular weight excluding hydrogens is 818 g/mol. The van der Waals surface area contributed by atoms with Crippen LogP contribution in [0, 0.1) is 11.2 Å². The quantitative estimate of drug-likeness (QED) is 0.0870. The van der Waals surface area contributed by atoms with Gasteiger partial charge in [-0.15, -0.1) is 0 Å². The monoisotopic (exact) mass is 867 g/mol. The SMILES string of the molecule is COCNc1cc(Cl)ccc1C1[C@@H](c2ccnc(Cl)c2F)[C@H](C(=O)N[C@@H]2CC[C@@H](C(=O)N(C)C)OC2)N([C@H](c2ccccc2)[C@@H](O)c2ccccc2)C12CC(CF)(CF)C2. The lowest BCUT2D eigenvalue weighted by Crippen LogP contribution is -2.66. The zero-order valence-electron chi connectivity index (χ0n) is 33.7. The number of rotatable bonds is 14. The molecule has 3 aliphatic rings. The summed E-state index contributed by atoms with van der Waals surface area (Å²) in [6, 6.07) is 21.9. The van der Waals surface area contributed by atoms with Crippen molar-refractivity contribution < 1.29 is 37.3 Å². The number of alkyl halides is 2. The molecule has 3 aromatic carbocycles. The second-order valence-corrected chi connectivity index (χ2v) is 17.3. The highest BCUT2D eigenvalue weighted by Crippen LogP contribution is 2.70. The number of aromatic nitrogens is 1. The minimum atomic E-state index is -1.43. The summed E-state index contributed by atoms with van der Waals surface area (Å²) in [5.41, 5.74) is -0.416. The van der Waals surface area contributed by atoms with Gasteiger partial charge in [-0.05, 0) is 66.1 Å². The zero-order chi connectivity index (χ0) is 42.8. The number of carbonyl (C=O) groups excluding carboxylic acids is 2. The predicted octanol–water partition coefficient (Wildman–Crippen LogP) is 7.78. The number of amides is 2.